The number of aromatic hydroxyl groups is 1. The van der Waals surface area contributed by atoms with Crippen LogP contribution >= 0.6 is 0 Å². The van der Waals surface area contributed by atoms with Gasteiger partial charge in [-0.05, 0) is 55.8 Å². The molecule has 2 heterocycles. The first-order chi connectivity index (χ1) is 16.3. The molecule has 2 aromatic rings. The van der Waals surface area contributed by atoms with Gasteiger partial charge in [0.15, 0.2) is 0 Å². The molecule has 8 heteroatoms. The maximum Gasteiger partial charge on any atom is 0.295 e. The Balaban J connectivity index is 1.69. The van der Waals surface area contributed by atoms with Crippen LogP contribution in [0.4, 0.5) is 0 Å². The molecule has 8 nitrogen and oxygen atoms in total. The van der Waals surface area contributed by atoms with Gasteiger partial charge in [0.1, 0.15) is 17.3 Å². The van der Waals surface area contributed by atoms with Crippen molar-refractivity contribution in [2.24, 2.45) is 0 Å². The third-order valence-electron chi connectivity index (χ3n) is 6.01. The van der Waals surface area contributed by atoms with Crippen molar-refractivity contribution in [2.45, 2.75) is 26.0 Å². The number of Topliss-reactive ketones (excluding diaryl/α,β-unsaturated/α-hetero) is 1. The molecule has 0 aliphatic carbocycles. The number of ether oxygens (including phenoxy) is 2. The van der Waals surface area contributed by atoms with Crippen LogP contribution < -0.4 is 4.74 Å². The Morgan fingerprint density at radius 1 is 1.03 bits per heavy atom. The summed E-state index contributed by atoms with van der Waals surface area (Å²) >= 11 is 0. The molecule has 180 valence electrons. The third kappa shape index (κ3) is 5.08. The fourth-order valence-electron chi connectivity index (χ4n) is 4.31. The summed E-state index contributed by atoms with van der Waals surface area (Å²) in [5.74, 6) is -0.878. The van der Waals surface area contributed by atoms with E-state index < -0.39 is 17.7 Å². The summed E-state index contributed by atoms with van der Waals surface area (Å²) in [5, 5.41) is 20.9. The molecule has 2 N–H and O–H groups in total. The molecule has 0 bridgehead atoms. The lowest BCUT2D eigenvalue weighted by atomic mass is 9.95. The molecule has 0 aromatic heterocycles. The van der Waals surface area contributed by atoms with Crippen LogP contribution in [0.1, 0.15) is 31.0 Å². The van der Waals surface area contributed by atoms with E-state index in [4.69, 9.17) is 9.47 Å². The zero-order valence-electron chi connectivity index (χ0n) is 19.4. The summed E-state index contributed by atoms with van der Waals surface area (Å²) in [5.41, 5.74) is 1.10. The highest BCUT2D eigenvalue weighted by atomic mass is 16.5. The fourth-order valence-corrected chi connectivity index (χ4v) is 4.31. The maximum atomic E-state index is 13.1. The van der Waals surface area contributed by atoms with E-state index in [9.17, 15) is 19.8 Å². The number of hydrogen-bond donors (Lipinski definition) is 2. The van der Waals surface area contributed by atoms with Crippen molar-refractivity contribution in [3.8, 4) is 11.5 Å². The van der Waals surface area contributed by atoms with E-state index in [-0.39, 0.29) is 23.2 Å². The van der Waals surface area contributed by atoms with Gasteiger partial charge in [-0.15, -0.1) is 0 Å². The molecule has 0 spiro atoms. The van der Waals surface area contributed by atoms with Crippen LogP contribution in [0.15, 0.2) is 54.1 Å². The molecule has 0 unspecified atom stereocenters. The Bertz CT molecular complexity index is 1060. The lowest BCUT2D eigenvalue weighted by Gasteiger charge is -2.31. The van der Waals surface area contributed by atoms with Crippen molar-refractivity contribution >= 4 is 17.4 Å². The zero-order chi connectivity index (χ0) is 24.2. The van der Waals surface area contributed by atoms with E-state index >= 15 is 0 Å². The lowest BCUT2D eigenvalue weighted by Crippen LogP contribution is -2.42. The normalized spacial score (nSPS) is 20.8. The standard InChI is InChI=1S/C26H30N2O6/c1-17(2)34-21-9-5-19(6-10-21)24(30)22-23(18-3-7-20(29)8-4-18)28(26(32)25(22)31)12-11-27-13-15-33-16-14-27/h3-10,17,23,29-30H,11-16H2,1-2H3/t23-/m1/s1. The van der Waals surface area contributed by atoms with E-state index in [1.54, 1.807) is 36.4 Å². The zero-order valence-corrected chi connectivity index (χ0v) is 19.4. The number of likely N-dealkylation sites (tertiary alicyclic amines) is 1. The molecule has 4 rings (SSSR count). The SMILES string of the molecule is CC(C)Oc1ccc(C(O)=C2C(=O)C(=O)N(CCN3CCOCC3)[C@@H]2c2ccc(O)cc2)cc1. The highest BCUT2D eigenvalue weighted by molar-refractivity contribution is 6.46. The predicted molar refractivity (Wildman–Crippen MR) is 127 cm³/mol. The smallest absolute Gasteiger partial charge is 0.295 e. The first-order valence-corrected chi connectivity index (χ1v) is 11.5. The topological polar surface area (TPSA) is 99.5 Å². The number of rotatable bonds is 7. The Kier molecular flexibility index (Phi) is 7.19. The summed E-state index contributed by atoms with van der Waals surface area (Å²) in [6, 6.07) is 12.4. The number of morpholine rings is 1. The predicted octanol–water partition coefficient (Wildman–Crippen LogP) is 2.93. The molecule has 0 radical (unpaired) electrons. The van der Waals surface area contributed by atoms with Crippen molar-refractivity contribution in [3.05, 3.63) is 65.2 Å². The van der Waals surface area contributed by atoms with Crippen LogP contribution in [-0.4, -0.2) is 77.2 Å². The van der Waals surface area contributed by atoms with Gasteiger partial charge < -0.3 is 24.6 Å². The quantitative estimate of drug-likeness (QED) is 0.368. The average Bonchev–Trinajstić information content (AvgIpc) is 3.08. The number of benzene rings is 2. The van der Waals surface area contributed by atoms with Gasteiger partial charge in [-0.3, -0.25) is 14.5 Å². The van der Waals surface area contributed by atoms with Crippen molar-refractivity contribution in [1.29, 1.82) is 0 Å². The molecule has 1 amide bonds. The second-order valence-electron chi connectivity index (χ2n) is 8.73. The van der Waals surface area contributed by atoms with E-state index in [1.165, 1.54) is 17.0 Å². The number of carbonyl (C=O) groups excluding carboxylic acids is 2. The number of amides is 1. The van der Waals surface area contributed by atoms with Gasteiger partial charge in [0.2, 0.25) is 0 Å². The number of phenols is 1. The minimum Gasteiger partial charge on any atom is -0.508 e. The van der Waals surface area contributed by atoms with Crippen LogP contribution in [0, 0.1) is 0 Å². The number of phenolic OH excluding ortho intramolecular Hbond substituents is 1. The highest BCUT2D eigenvalue weighted by Gasteiger charge is 2.46. The van der Waals surface area contributed by atoms with Crippen LogP contribution in [0.2, 0.25) is 0 Å². The molecule has 2 aliphatic heterocycles. The number of ketones is 1. The fraction of sp³-hybridized carbons (Fsp3) is 0.385. The van der Waals surface area contributed by atoms with Gasteiger partial charge in [-0.1, -0.05) is 12.1 Å². The highest BCUT2D eigenvalue weighted by Crippen LogP contribution is 2.39. The van der Waals surface area contributed by atoms with Crippen molar-refractivity contribution < 1.29 is 29.3 Å². The maximum absolute atomic E-state index is 13.1. The van der Waals surface area contributed by atoms with E-state index in [2.05, 4.69) is 4.90 Å². The number of nitrogens with zero attached hydrogens (tertiary/aromatic N) is 2. The van der Waals surface area contributed by atoms with E-state index in [0.717, 1.165) is 13.1 Å². The molecule has 34 heavy (non-hydrogen) atoms. The van der Waals surface area contributed by atoms with Gasteiger partial charge in [0.25, 0.3) is 11.7 Å². The summed E-state index contributed by atoms with van der Waals surface area (Å²) in [6.07, 6.45) is 0.00531. The lowest BCUT2D eigenvalue weighted by molar-refractivity contribution is -0.140. The second-order valence-corrected chi connectivity index (χ2v) is 8.73. The molecular weight excluding hydrogens is 436 g/mol. The summed E-state index contributed by atoms with van der Waals surface area (Å²) in [6.45, 7) is 7.55. The first-order valence-electron chi connectivity index (χ1n) is 11.5. The summed E-state index contributed by atoms with van der Waals surface area (Å²) in [4.78, 5) is 29.9. The molecule has 0 saturated carbocycles. The first kappa shape index (κ1) is 23.8. The minimum atomic E-state index is -0.756. The molecule has 2 aliphatic rings. The molecular formula is C26H30N2O6. The minimum absolute atomic E-state index is 0.00531. The number of aliphatic hydroxyl groups excluding tert-OH is 1. The summed E-state index contributed by atoms with van der Waals surface area (Å²) in [7, 11) is 0. The number of hydrogen-bond acceptors (Lipinski definition) is 7. The van der Waals surface area contributed by atoms with Crippen LogP contribution in [-0.2, 0) is 14.3 Å². The van der Waals surface area contributed by atoms with Gasteiger partial charge in [0, 0.05) is 31.7 Å². The average molecular weight is 467 g/mol. The Hall–Kier alpha value is -3.36. The van der Waals surface area contributed by atoms with Gasteiger partial charge in [0.05, 0.1) is 30.9 Å². The van der Waals surface area contributed by atoms with Crippen molar-refractivity contribution in [2.75, 3.05) is 39.4 Å². The van der Waals surface area contributed by atoms with Crippen LogP contribution in [0.5, 0.6) is 11.5 Å². The molecule has 2 aromatic carbocycles. The Morgan fingerprint density at radius 3 is 2.29 bits per heavy atom. The van der Waals surface area contributed by atoms with Gasteiger partial charge in [-0.25, -0.2) is 0 Å². The van der Waals surface area contributed by atoms with E-state index in [1.807, 2.05) is 13.8 Å². The van der Waals surface area contributed by atoms with Gasteiger partial charge >= 0.3 is 0 Å². The monoisotopic (exact) mass is 466 g/mol. The summed E-state index contributed by atoms with van der Waals surface area (Å²) < 4.78 is 11.0. The third-order valence-corrected chi connectivity index (χ3v) is 6.01. The van der Waals surface area contributed by atoms with Crippen LogP contribution in [0.25, 0.3) is 5.76 Å². The Morgan fingerprint density at radius 2 is 1.68 bits per heavy atom. The number of aliphatic hydroxyl groups is 1. The molecule has 2 saturated heterocycles. The van der Waals surface area contributed by atoms with Crippen LogP contribution in [0.3, 0.4) is 0 Å². The second kappa shape index (κ2) is 10.3. The van der Waals surface area contributed by atoms with Crippen molar-refractivity contribution in [3.63, 3.8) is 0 Å². The molecule has 1 atom stereocenters. The Labute approximate surface area is 199 Å². The van der Waals surface area contributed by atoms with E-state index in [0.29, 0.717) is 43.2 Å². The largest absolute Gasteiger partial charge is 0.508 e. The van der Waals surface area contributed by atoms with Gasteiger partial charge in [-0.2, -0.15) is 0 Å². The number of carbonyl (C=O) groups is 2. The van der Waals surface area contributed by atoms with Crippen molar-refractivity contribution in [1.82, 2.24) is 9.80 Å². The molecule has 2 fully saturated rings.